The number of nitrogens with one attached hydrogen (secondary N) is 3. The number of benzene rings is 2. The van der Waals surface area contributed by atoms with Crippen molar-refractivity contribution >= 4 is 15.7 Å². The first kappa shape index (κ1) is 26.2. The fourth-order valence-electron chi connectivity index (χ4n) is 4.23. The van der Waals surface area contributed by atoms with Crippen molar-refractivity contribution in [3.05, 3.63) is 59.7 Å². The van der Waals surface area contributed by atoms with Gasteiger partial charge in [-0.25, -0.2) is 18.4 Å². The van der Waals surface area contributed by atoms with Gasteiger partial charge in [-0.05, 0) is 50.6 Å². The van der Waals surface area contributed by atoms with Crippen LogP contribution in [-0.4, -0.2) is 64.0 Å². The largest absolute Gasteiger partial charge is 0.381 e. The fourth-order valence-corrected chi connectivity index (χ4v) is 4.86. The van der Waals surface area contributed by atoms with E-state index in [1.165, 1.54) is 6.26 Å². The maximum Gasteiger partial charge on any atom is 0.175 e. The standard InChI is InChI=1S/C27H35N5O3S/c1-19-25(21-7-9-24(10-8-21)36(3,33)34)31-27(32-26(19)30-23-11-15-35-16-12-23)22-6-4-5-20(17-22)18-29-14-13-28-2/h4-10,17,23,28-29H,11-16,18H2,1-3H3,(H,30,31,32). The lowest BCUT2D eigenvalue weighted by Crippen LogP contribution is -2.28. The van der Waals surface area contributed by atoms with Crippen LogP contribution in [0.25, 0.3) is 22.6 Å². The SMILES string of the molecule is CNCCNCc1cccc(-c2nc(NC3CCOCC3)c(C)c(-c3ccc(S(C)(=O)=O)cc3)n2)c1. The molecule has 0 radical (unpaired) electrons. The monoisotopic (exact) mass is 509 g/mol. The number of hydrogen-bond donors (Lipinski definition) is 3. The highest BCUT2D eigenvalue weighted by atomic mass is 32.2. The van der Waals surface area contributed by atoms with Crippen molar-refractivity contribution in [3.63, 3.8) is 0 Å². The number of anilines is 1. The summed E-state index contributed by atoms with van der Waals surface area (Å²) in [6.07, 6.45) is 3.06. The van der Waals surface area contributed by atoms with E-state index in [1.54, 1.807) is 12.1 Å². The van der Waals surface area contributed by atoms with Crippen LogP contribution >= 0.6 is 0 Å². The zero-order valence-corrected chi connectivity index (χ0v) is 22.0. The zero-order chi connectivity index (χ0) is 25.5. The highest BCUT2D eigenvalue weighted by Gasteiger charge is 2.19. The Morgan fingerprint density at radius 2 is 1.75 bits per heavy atom. The summed E-state index contributed by atoms with van der Waals surface area (Å²) < 4.78 is 29.4. The van der Waals surface area contributed by atoms with Crippen LogP contribution in [0.1, 0.15) is 24.0 Å². The number of ether oxygens (including phenoxy) is 1. The predicted molar refractivity (Wildman–Crippen MR) is 144 cm³/mol. The molecule has 1 aliphatic heterocycles. The molecule has 3 N–H and O–H groups in total. The van der Waals surface area contributed by atoms with Gasteiger partial charge in [0.2, 0.25) is 0 Å². The third-order valence-electron chi connectivity index (χ3n) is 6.33. The van der Waals surface area contributed by atoms with Crippen molar-refractivity contribution in [2.45, 2.75) is 37.2 Å². The molecule has 0 bridgehead atoms. The molecule has 1 saturated heterocycles. The van der Waals surface area contributed by atoms with Crippen LogP contribution in [0, 0.1) is 6.92 Å². The topological polar surface area (TPSA) is 105 Å². The minimum Gasteiger partial charge on any atom is -0.381 e. The average molecular weight is 510 g/mol. The van der Waals surface area contributed by atoms with Gasteiger partial charge in [-0.3, -0.25) is 0 Å². The summed E-state index contributed by atoms with van der Waals surface area (Å²) in [7, 11) is -1.33. The molecule has 36 heavy (non-hydrogen) atoms. The van der Waals surface area contributed by atoms with E-state index in [9.17, 15) is 8.42 Å². The van der Waals surface area contributed by atoms with E-state index in [4.69, 9.17) is 14.7 Å². The Kier molecular flexibility index (Phi) is 8.68. The lowest BCUT2D eigenvalue weighted by molar-refractivity contribution is 0.0904. The first-order chi connectivity index (χ1) is 17.3. The molecule has 2 aromatic carbocycles. The van der Waals surface area contributed by atoms with Gasteiger partial charge < -0.3 is 20.7 Å². The summed E-state index contributed by atoms with van der Waals surface area (Å²) in [4.78, 5) is 10.2. The highest BCUT2D eigenvalue weighted by molar-refractivity contribution is 7.90. The molecule has 0 spiro atoms. The summed E-state index contributed by atoms with van der Waals surface area (Å²) in [6.45, 7) is 6.02. The number of likely N-dealkylation sites (N-methyl/N-ethyl adjacent to an activating group) is 1. The van der Waals surface area contributed by atoms with Gasteiger partial charge in [0, 0.05) is 61.8 Å². The molecule has 9 heteroatoms. The van der Waals surface area contributed by atoms with E-state index >= 15 is 0 Å². The van der Waals surface area contributed by atoms with E-state index < -0.39 is 9.84 Å². The number of nitrogens with zero attached hydrogens (tertiary/aromatic N) is 2. The summed E-state index contributed by atoms with van der Waals surface area (Å²) in [5.41, 5.74) is 4.66. The van der Waals surface area contributed by atoms with Gasteiger partial charge in [-0.15, -0.1) is 0 Å². The molecule has 1 aromatic heterocycles. The van der Waals surface area contributed by atoms with Crippen molar-refractivity contribution < 1.29 is 13.2 Å². The normalized spacial score (nSPS) is 14.6. The van der Waals surface area contributed by atoms with E-state index in [0.29, 0.717) is 5.82 Å². The Balaban J connectivity index is 1.71. The van der Waals surface area contributed by atoms with Gasteiger partial charge in [0.05, 0.1) is 10.6 Å². The quantitative estimate of drug-likeness (QED) is 0.357. The zero-order valence-electron chi connectivity index (χ0n) is 21.2. The molecule has 1 aliphatic rings. The minimum atomic E-state index is -3.27. The molecule has 0 atom stereocenters. The molecular formula is C27H35N5O3S. The van der Waals surface area contributed by atoms with Gasteiger partial charge in [0.1, 0.15) is 5.82 Å². The van der Waals surface area contributed by atoms with Gasteiger partial charge in [0.25, 0.3) is 0 Å². The van der Waals surface area contributed by atoms with E-state index in [1.807, 2.05) is 38.2 Å². The van der Waals surface area contributed by atoms with E-state index in [2.05, 4.69) is 28.1 Å². The lowest BCUT2D eigenvalue weighted by Gasteiger charge is -2.25. The van der Waals surface area contributed by atoms with E-state index in [-0.39, 0.29) is 10.9 Å². The number of sulfone groups is 1. The second kappa shape index (κ2) is 11.9. The summed E-state index contributed by atoms with van der Waals surface area (Å²) in [5.74, 6) is 1.43. The molecule has 2 heterocycles. The van der Waals surface area contributed by atoms with Crippen LogP contribution in [0.15, 0.2) is 53.4 Å². The van der Waals surface area contributed by atoms with Crippen molar-refractivity contribution in [3.8, 4) is 22.6 Å². The van der Waals surface area contributed by atoms with Crippen LogP contribution in [0.4, 0.5) is 5.82 Å². The van der Waals surface area contributed by atoms with E-state index in [0.717, 1.165) is 79.5 Å². The van der Waals surface area contributed by atoms with Crippen LogP contribution in [0.5, 0.6) is 0 Å². The Bertz CT molecular complexity index is 1270. The Morgan fingerprint density at radius 3 is 2.44 bits per heavy atom. The van der Waals surface area contributed by atoms with Gasteiger partial charge in [0.15, 0.2) is 15.7 Å². The van der Waals surface area contributed by atoms with Crippen LogP contribution in [0.3, 0.4) is 0 Å². The Hall–Kier alpha value is -2.85. The molecule has 3 aromatic rings. The first-order valence-corrected chi connectivity index (χ1v) is 14.2. The summed E-state index contributed by atoms with van der Waals surface area (Å²) in [5, 5.41) is 10.2. The molecule has 0 unspecified atom stereocenters. The average Bonchev–Trinajstić information content (AvgIpc) is 2.88. The smallest absolute Gasteiger partial charge is 0.175 e. The van der Waals surface area contributed by atoms with Crippen LogP contribution in [0.2, 0.25) is 0 Å². The van der Waals surface area contributed by atoms with Gasteiger partial charge >= 0.3 is 0 Å². The molecule has 0 aliphatic carbocycles. The predicted octanol–water partition coefficient (Wildman–Crippen LogP) is 3.42. The van der Waals surface area contributed by atoms with Crippen molar-refractivity contribution in [2.24, 2.45) is 0 Å². The Labute approximate surface area is 213 Å². The maximum atomic E-state index is 12.0. The van der Waals surface area contributed by atoms with Crippen molar-refractivity contribution in [1.29, 1.82) is 0 Å². The molecular weight excluding hydrogens is 474 g/mol. The molecule has 8 nitrogen and oxygen atoms in total. The minimum absolute atomic E-state index is 0.281. The summed E-state index contributed by atoms with van der Waals surface area (Å²) in [6, 6.07) is 15.4. The third-order valence-corrected chi connectivity index (χ3v) is 7.46. The van der Waals surface area contributed by atoms with Crippen LogP contribution in [-0.2, 0) is 21.1 Å². The highest BCUT2D eigenvalue weighted by Crippen LogP contribution is 2.31. The molecule has 1 fully saturated rings. The lowest BCUT2D eigenvalue weighted by atomic mass is 10.0. The van der Waals surface area contributed by atoms with Crippen LogP contribution < -0.4 is 16.0 Å². The molecule has 4 rings (SSSR count). The molecule has 0 saturated carbocycles. The number of aromatic nitrogens is 2. The first-order valence-electron chi connectivity index (χ1n) is 12.3. The van der Waals surface area contributed by atoms with Gasteiger partial charge in [-0.1, -0.05) is 30.3 Å². The Morgan fingerprint density at radius 1 is 1.00 bits per heavy atom. The fraction of sp³-hybridized carbons (Fsp3) is 0.407. The number of hydrogen-bond acceptors (Lipinski definition) is 8. The summed E-state index contributed by atoms with van der Waals surface area (Å²) >= 11 is 0. The molecule has 192 valence electrons. The number of rotatable bonds is 10. The van der Waals surface area contributed by atoms with Gasteiger partial charge in [-0.2, -0.15) is 0 Å². The maximum absolute atomic E-state index is 12.0. The van der Waals surface area contributed by atoms with Crippen molar-refractivity contribution in [1.82, 2.24) is 20.6 Å². The second-order valence-electron chi connectivity index (χ2n) is 9.18. The third kappa shape index (κ3) is 6.67. The second-order valence-corrected chi connectivity index (χ2v) is 11.2. The molecule has 0 amide bonds. The van der Waals surface area contributed by atoms with Crippen molar-refractivity contribution in [2.75, 3.05) is 44.9 Å².